The number of hydrogen-bond acceptors (Lipinski definition) is 3. The van der Waals surface area contributed by atoms with Crippen molar-refractivity contribution in [1.29, 1.82) is 0 Å². The minimum atomic E-state index is 0.0173. The van der Waals surface area contributed by atoms with Gasteiger partial charge in [-0.05, 0) is 13.3 Å². The van der Waals surface area contributed by atoms with E-state index in [1.54, 1.807) is 7.11 Å². The molecule has 1 aromatic heterocycles. The van der Waals surface area contributed by atoms with Crippen LogP contribution in [0, 0.1) is 0 Å². The molecule has 0 amide bonds. The maximum absolute atomic E-state index is 5.89. The fourth-order valence-corrected chi connectivity index (χ4v) is 1.80. The van der Waals surface area contributed by atoms with Gasteiger partial charge in [0.15, 0.2) is 0 Å². The van der Waals surface area contributed by atoms with Gasteiger partial charge in [0, 0.05) is 19.3 Å². The summed E-state index contributed by atoms with van der Waals surface area (Å²) >= 11 is 0. The van der Waals surface area contributed by atoms with Crippen LogP contribution < -0.4 is 5.73 Å². The molecule has 0 saturated heterocycles. The van der Waals surface area contributed by atoms with Crippen molar-refractivity contribution in [1.82, 2.24) is 9.55 Å². The van der Waals surface area contributed by atoms with Crippen molar-refractivity contribution in [3.8, 4) is 0 Å². The standard InChI is InChI=1S/C11H21N3O/c1-4-5-10(7-15-3)14-8-13-6-11(14)9(2)12/h6,8-10H,4-5,7,12H2,1-3H3. The van der Waals surface area contributed by atoms with Gasteiger partial charge < -0.3 is 15.0 Å². The molecular weight excluding hydrogens is 190 g/mol. The van der Waals surface area contributed by atoms with Gasteiger partial charge in [0.1, 0.15) is 0 Å². The SMILES string of the molecule is CCCC(COC)n1cncc1C(C)N. The summed E-state index contributed by atoms with van der Waals surface area (Å²) in [6.07, 6.45) is 5.90. The summed E-state index contributed by atoms with van der Waals surface area (Å²) in [5.41, 5.74) is 6.96. The summed E-state index contributed by atoms with van der Waals surface area (Å²) in [7, 11) is 1.73. The highest BCUT2D eigenvalue weighted by Crippen LogP contribution is 2.19. The van der Waals surface area contributed by atoms with E-state index in [-0.39, 0.29) is 6.04 Å². The molecule has 1 aromatic rings. The van der Waals surface area contributed by atoms with Crippen molar-refractivity contribution < 1.29 is 4.74 Å². The number of nitrogens with two attached hydrogens (primary N) is 1. The number of aromatic nitrogens is 2. The number of nitrogens with zero attached hydrogens (tertiary/aromatic N) is 2. The van der Waals surface area contributed by atoms with Crippen LogP contribution in [0.5, 0.6) is 0 Å². The molecule has 1 rings (SSSR count). The average Bonchev–Trinajstić information content (AvgIpc) is 2.65. The Morgan fingerprint density at radius 1 is 1.60 bits per heavy atom. The fraction of sp³-hybridized carbons (Fsp3) is 0.727. The number of methoxy groups -OCH3 is 1. The summed E-state index contributed by atoms with van der Waals surface area (Å²) in [5, 5.41) is 0. The van der Waals surface area contributed by atoms with Crippen molar-refractivity contribution in [3.05, 3.63) is 18.2 Å². The first kappa shape index (κ1) is 12.2. The predicted molar refractivity (Wildman–Crippen MR) is 60.7 cm³/mol. The van der Waals surface area contributed by atoms with E-state index in [1.807, 2.05) is 19.4 Å². The second-order valence-corrected chi connectivity index (χ2v) is 3.91. The zero-order valence-electron chi connectivity index (χ0n) is 9.81. The summed E-state index contributed by atoms with van der Waals surface area (Å²) in [4.78, 5) is 4.16. The fourth-order valence-electron chi connectivity index (χ4n) is 1.80. The van der Waals surface area contributed by atoms with Crippen LogP contribution in [0.3, 0.4) is 0 Å². The summed E-state index contributed by atoms with van der Waals surface area (Å²) in [6.45, 7) is 4.86. The van der Waals surface area contributed by atoms with Crippen LogP contribution in [-0.2, 0) is 4.74 Å². The summed E-state index contributed by atoms with van der Waals surface area (Å²) in [5.74, 6) is 0. The third-order valence-electron chi connectivity index (χ3n) is 2.54. The first-order valence-electron chi connectivity index (χ1n) is 5.46. The van der Waals surface area contributed by atoms with E-state index in [1.165, 1.54) is 0 Å². The Morgan fingerprint density at radius 2 is 2.33 bits per heavy atom. The van der Waals surface area contributed by atoms with E-state index < -0.39 is 0 Å². The first-order chi connectivity index (χ1) is 7.20. The van der Waals surface area contributed by atoms with E-state index in [9.17, 15) is 0 Å². The number of rotatable bonds is 6. The second-order valence-electron chi connectivity index (χ2n) is 3.91. The molecular formula is C11H21N3O. The van der Waals surface area contributed by atoms with Crippen LogP contribution in [-0.4, -0.2) is 23.3 Å². The molecule has 0 bridgehead atoms. The molecule has 0 spiro atoms. The Balaban J connectivity index is 2.84. The van der Waals surface area contributed by atoms with Crippen LogP contribution >= 0.6 is 0 Å². The van der Waals surface area contributed by atoms with Gasteiger partial charge in [-0.25, -0.2) is 4.98 Å². The lowest BCUT2D eigenvalue weighted by Crippen LogP contribution is -2.19. The van der Waals surface area contributed by atoms with E-state index >= 15 is 0 Å². The van der Waals surface area contributed by atoms with Crippen molar-refractivity contribution in [2.24, 2.45) is 5.73 Å². The van der Waals surface area contributed by atoms with Gasteiger partial charge >= 0.3 is 0 Å². The monoisotopic (exact) mass is 211 g/mol. The molecule has 2 unspecified atom stereocenters. The average molecular weight is 211 g/mol. The molecule has 4 nitrogen and oxygen atoms in total. The minimum absolute atomic E-state index is 0.0173. The van der Waals surface area contributed by atoms with Crippen molar-refractivity contribution in [2.45, 2.75) is 38.8 Å². The molecule has 4 heteroatoms. The molecule has 86 valence electrons. The molecule has 0 fully saturated rings. The van der Waals surface area contributed by atoms with Crippen LogP contribution in [0.4, 0.5) is 0 Å². The molecule has 0 aliphatic heterocycles. The van der Waals surface area contributed by atoms with Gasteiger partial charge in [-0.15, -0.1) is 0 Å². The smallest absolute Gasteiger partial charge is 0.0952 e. The number of imidazole rings is 1. The molecule has 2 atom stereocenters. The highest BCUT2D eigenvalue weighted by molar-refractivity contribution is 5.04. The van der Waals surface area contributed by atoms with Gasteiger partial charge in [0.05, 0.1) is 24.7 Å². The van der Waals surface area contributed by atoms with E-state index in [0.717, 1.165) is 18.5 Å². The summed E-state index contributed by atoms with van der Waals surface area (Å²) < 4.78 is 7.36. The molecule has 0 aromatic carbocycles. The maximum atomic E-state index is 5.89. The molecule has 0 aliphatic rings. The first-order valence-corrected chi connectivity index (χ1v) is 5.46. The number of hydrogen-bond donors (Lipinski definition) is 1. The van der Waals surface area contributed by atoms with Gasteiger partial charge in [-0.2, -0.15) is 0 Å². The second kappa shape index (κ2) is 5.88. The van der Waals surface area contributed by atoms with Crippen molar-refractivity contribution in [2.75, 3.05) is 13.7 Å². The Kier molecular flexibility index (Phi) is 4.78. The van der Waals surface area contributed by atoms with E-state index in [0.29, 0.717) is 12.6 Å². The number of ether oxygens (including phenoxy) is 1. The van der Waals surface area contributed by atoms with Crippen LogP contribution in [0.1, 0.15) is 44.5 Å². The topological polar surface area (TPSA) is 53.1 Å². The third kappa shape index (κ3) is 3.04. The highest BCUT2D eigenvalue weighted by Gasteiger charge is 2.15. The lowest BCUT2D eigenvalue weighted by atomic mass is 10.1. The van der Waals surface area contributed by atoms with Gasteiger partial charge in [-0.3, -0.25) is 0 Å². The Labute approximate surface area is 91.4 Å². The molecule has 0 aliphatic carbocycles. The van der Waals surface area contributed by atoms with Crippen molar-refractivity contribution >= 4 is 0 Å². The molecule has 2 N–H and O–H groups in total. The zero-order chi connectivity index (χ0) is 11.3. The van der Waals surface area contributed by atoms with Crippen LogP contribution in [0.15, 0.2) is 12.5 Å². The maximum Gasteiger partial charge on any atom is 0.0952 e. The van der Waals surface area contributed by atoms with Crippen molar-refractivity contribution in [3.63, 3.8) is 0 Å². The molecule has 0 saturated carbocycles. The molecule has 0 radical (unpaired) electrons. The minimum Gasteiger partial charge on any atom is -0.383 e. The summed E-state index contributed by atoms with van der Waals surface area (Å²) in [6, 6.07) is 0.368. The van der Waals surface area contributed by atoms with Gasteiger partial charge in [0.2, 0.25) is 0 Å². The van der Waals surface area contributed by atoms with Gasteiger partial charge in [-0.1, -0.05) is 13.3 Å². The lowest BCUT2D eigenvalue weighted by Gasteiger charge is -2.21. The normalized spacial score (nSPS) is 15.2. The Bertz CT molecular complexity index is 277. The Hall–Kier alpha value is -0.870. The zero-order valence-corrected chi connectivity index (χ0v) is 9.81. The predicted octanol–water partition coefficient (Wildman–Crippen LogP) is 1.89. The van der Waals surface area contributed by atoms with Gasteiger partial charge in [0.25, 0.3) is 0 Å². The highest BCUT2D eigenvalue weighted by atomic mass is 16.5. The largest absolute Gasteiger partial charge is 0.383 e. The van der Waals surface area contributed by atoms with Crippen LogP contribution in [0.2, 0.25) is 0 Å². The Morgan fingerprint density at radius 3 is 2.87 bits per heavy atom. The quantitative estimate of drug-likeness (QED) is 0.781. The molecule has 15 heavy (non-hydrogen) atoms. The van der Waals surface area contributed by atoms with E-state index in [4.69, 9.17) is 10.5 Å². The third-order valence-corrected chi connectivity index (χ3v) is 2.54. The van der Waals surface area contributed by atoms with Crippen LogP contribution in [0.25, 0.3) is 0 Å². The van der Waals surface area contributed by atoms with E-state index in [2.05, 4.69) is 16.5 Å². The lowest BCUT2D eigenvalue weighted by molar-refractivity contribution is 0.148. The molecule has 1 heterocycles.